The lowest BCUT2D eigenvalue weighted by molar-refractivity contribution is -0.134. The van der Waals surface area contributed by atoms with Crippen molar-refractivity contribution in [3.05, 3.63) is 47.5 Å². The number of carboxylic acid groups (broad SMARTS) is 2. The van der Waals surface area contributed by atoms with E-state index in [0.29, 0.717) is 23.6 Å². The van der Waals surface area contributed by atoms with Crippen LogP contribution in [-0.2, 0) is 22.4 Å². The van der Waals surface area contributed by atoms with Gasteiger partial charge in [-0.15, -0.1) is 0 Å². The van der Waals surface area contributed by atoms with Gasteiger partial charge in [0.05, 0.1) is 12.9 Å². The molecular formula is C19H24N2O4. The van der Waals surface area contributed by atoms with Crippen molar-refractivity contribution in [3.8, 4) is 0 Å². The van der Waals surface area contributed by atoms with Crippen molar-refractivity contribution in [2.45, 2.75) is 38.6 Å². The quantitative estimate of drug-likeness (QED) is 0.728. The first-order valence-electron chi connectivity index (χ1n) is 8.33. The Morgan fingerprint density at radius 2 is 1.88 bits per heavy atom. The van der Waals surface area contributed by atoms with Gasteiger partial charge in [0, 0.05) is 18.2 Å². The van der Waals surface area contributed by atoms with Crippen LogP contribution in [0.1, 0.15) is 30.9 Å². The summed E-state index contributed by atoms with van der Waals surface area (Å²) >= 11 is 0. The summed E-state index contributed by atoms with van der Waals surface area (Å²) in [5.41, 5.74) is 3.56. The number of rotatable bonds is 4. The van der Waals surface area contributed by atoms with E-state index in [4.69, 9.17) is 10.2 Å². The number of benzene rings is 1. The molecule has 3 rings (SSSR count). The van der Waals surface area contributed by atoms with E-state index < -0.39 is 11.9 Å². The summed E-state index contributed by atoms with van der Waals surface area (Å²) in [7, 11) is 0. The number of carbonyl (C=O) groups is 2. The van der Waals surface area contributed by atoms with E-state index in [0.717, 1.165) is 6.54 Å². The minimum absolute atomic E-state index is 0.444. The van der Waals surface area contributed by atoms with E-state index >= 15 is 0 Å². The molecule has 1 aromatic rings. The minimum Gasteiger partial charge on any atom is -0.478 e. The maximum absolute atomic E-state index is 9.55. The molecule has 0 aromatic heterocycles. The average molecular weight is 344 g/mol. The Labute approximate surface area is 147 Å². The van der Waals surface area contributed by atoms with Crippen molar-refractivity contribution >= 4 is 18.3 Å². The molecule has 1 aliphatic heterocycles. The summed E-state index contributed by atoms with van der Waals surface area (Å²) in [5.74, 6) is -2.51. The number of aliphatic imine (C=N–C) groups is 1. The maximum atomic E-state index is 9.55. The third-order valence-corrected chi connectivity index (χ3v) is 4.57. The molecule has 0 radical (unpaired) electrons. The van der Waals surface area contributed by atoms with E-state index in [1.807, 2.05) is 6.34 Å². The van der Waals surface area contributed by atoms with E-state index in [9.17, 15) is 9.59 Å². The van der Waals surface area contributed by atoms with Gasteiger partial charge in [0.2, 0.25) is 0 Å². The molecule has 25 heavy (non-hydrogen) atoms. The third-order valence-electron chi connectivity index (χ3n) is 4.57. The first kappa shape index (κ1) is 18.7. The van der Waals surface area contributed by atoms with Crippen LogP contribution in [0.15, 0.2) is 41.4 Å². The van der Waals surface area contributed by atoms with E-state index in [2.05, 4.69) is 41.5 Å². The summed E-state index contributed by atoms with van der Waals surface area (Å²) in [6.45, 7) is 3.39. The number of fused-ring (bicyclic) bond motifs is 1. The second kappa shape index (κ2) is 8.46. The Kier molecular flexibility index (Phi) is 6.33. The van der Waals surface area contributed by atoms with Crippen LogP contribution in [0.3, 0.4) is 0 Å². The van der Waals surface area contributed by atoms with Gasteiger partial charge in [0.1, 0.15) is 0 Å². The number of hydrogen-bond donors (Lipinski definition) is 3. The van der Waals surface area contributed by atoms with Gasteiger partial charge in [-0.3, -0.25) is 4.99 Å². The van der Waals surface area contributed by atoms with Gasteiger partial charge in [-0.05, 0) is 42.2 Å². The van der Waals surface area contributed by atoms with Crippen molar-refractivity contribution < 1.29 is 19.8 Å². The number of nitrogens with one attached hydrogen (secondary N) is 1. The zero-order valence-corrected chi connectivity index (χ0v) is 14.3. The zero-order chi connectivity index (χ0) is 18.3. The average Bonchev–Trinajstić information content (AvgIpc) is 3.05. The van der Waals surface area contributed by atoms with E-state index in [1.54, 1.807) is 11.1 Å². The standard InChI is InChI=1S/C15H20N2.C4H4O4/c1-15(9-14-10-16-11-17-14)7-6-12-4-2-3-5-13(12)8-15;5-3(6)1-2-4(7)8/h2-5,11,14H,6-10H2,1H3,(H,16,17);1-2H,(H,5,6)(H,7,8). The number of aryl methyl sites for hydroxylation is 1. The van der Waals surface area contributed by atoms with Crippen LogP contribution in [0, 0.1) is 5.41 Å². The van der Waals surface area contributed by atoms with Gasteiger partial charge >= 0.3 is 11.9 Å². The molecular weight excluding hydrogens is 320 g/mol. The summed E-state index contributed by atoms with van der Waals surface area (Å²) in [6.07, 6.45) is 7.99. The predicted octanol–water partition coefficient (Wildman–Crippen LogP) is 2.28. The van der Waals surface area contributed by atoms with Crippen molar-refractivity contribution in [1.82, 2.24) is 5.32 Å². The SMILES string of the molecule is CC1(CC2CN=CN2)CCc2ccccc2C1.O=C(O)C=CC(=O)O. The number of hydrogen-bond acceptors (Lipinski definition) is 4. The molecule has 0 spiro atoms. The van der Waals surface area contributed by atoms with Gasteiger partial charge in [0.25, 0.3) is 0 Å². The van der Waals surface area contributed by atoms with Crippen LogP contribution >= 0.6 is 0 Å². The lowest BCUT2D eigenvalue weighted by atomic mass is 9.69. The lowest BCUT2D eigenvalue weighted by Crippen LogP contribution is -2.35. The highest BCUT2D eigenvalue weighted by atomic mass is 16.4. The molecule has 3 N–H and O–H groups in total. The highest BCUT2D eigenvalue weighted by Crippen LogP contribution is 2.38. The molecule has 2 aliphatic rings. The number of carboxylic acids is 2. The monoisotopic (exact) mass is 344 g/mol. The van der Waals surface area contributed by atoms with E-state index in [1.165, 1.54) is 25.7 Å². The molecule has 0 amide bonds. The van der Waals surface area contributed by atoms with Crippen molar-refractivity contribution in [1.29, 1.82) is 0 Å². The fraction of sp³-hybridized carbons (Fsp3) is 0.421. The Hall–Kier alpha value is -2.63. The highest BCUT2D eigenvalue weighted by molar-refractivity contribution is 5.89. The van der Waals surface area contributed by atoms with Crippen LogP contribution in [-0.4, -0.2) is 41.1 Å². The van der Waals surface area contributed by atoms with Crippen molar-refractivity contribution in [2.75, 3.05) is 6.54 Å². The lowest BCUT2D eigenvalue weighted by Gasteiger charge is -2.36. The number of aliphatic carboxylic acids is 2. The molecule has 2 unspecified atom stereocenters. The molecule has 6 heteroatoms. The molecule has 6 nitrogen and oxygen atoms in total. The fourth-order valence-corrected chi connectivity index (χ4v) is 3.38. The Balaban J connectivity index is 0.000000242. The molecule has 2 atom stereocenters. The summed E-state index contributed by atoms with van der Waals surface area (Å²) < 4.78 is 0. The topological polar surface area (TPSA) is 99.0 Å². The first-order chi connectivity index (χ1) is 11.9. The van der Waals surface area contributed by atoms with Gasteiger partial charge < -0.3 is 15.5 Å². The highest BCUT2D eigenvalue weighted by Gasteiger charge is 2.32. The van der Waals surface area contributed by atoms with Crippen molar-refractivity contribution in [3.63, 3.8) is 0 Å². The maximum Gasteiger partial charge on any atom is 0.328 e. The van der Waals surface area contributed by atoms with Gasteiger partial charge in [0.15, 0.2) is 0 Å². The largest absolute Gasteiger partial charge is 0.478 e. The smallest absolute Gasteiger partial charge is 0.328 e. The number of nitrogens with zero attached hydrogens (tertiary/aromatic N) is 1. The van der Waals surface area contributed by atoms with Gasteiger partial charge in [-0.2, -0.15) is 0 Å². The van der Waals surface area contributed by atoms with E-state index in [-0.39, 0.29) is 0 Å². The van der Waals surface area contributed by atoms with Crippen LogP contribution in [0.2, 0.25) is 0 Å². The fourth-order valence-electron chi connectivity index (χ4n) is 3.38. The van der Waals surface area contributed by atoms with Crippen LogP contribution in [0.4, 0.5) is 0 Å². The predicted molar refractivity (Wildman–Crippen MR) is 95.9 cm³/mol. The second-order valence-corrected chi connectivity index (χ2v) is 6.83. The Morgan fingerprint density at radius 1 is 1.24 bits per heavy atom. The zero-order valence-electron chi connectivity index (χ0n) is 14.3. The third kappa shape index (κ3) is 6.06. The minimum atomic E-state index is -1.26. The molecule has 0 fully saturated rings. The molecule has 0 bridgehead atoms. The normalized spacial score (nSPS) is 24.1. The molecule has 0 saturated heterocycles. The van der Waals surface area contributed by atoms with Gasteiger partial charge in [-0.25, -0.2) is 9.59 Å². The Bertz CT molecular complexity index is 660. The summed E-state index contributed by atoms with van der Waals surface area (Å²) in [5, 5.41) is 19.0. The second-order valence-electron chi connectivity index (χ2n) is 6.83. The van der Waals surface area contributed by atoms with Crippen LogP contribution in [0.25, 0.3) is 0 Å². The Morgan fingerprint density at radius 3 is 2.44 bits per heavy atom. The van der Waals surface area contributed by atoms with Gasteiger partial charge in [-0.1, -0.05) is 31.2 Å². The molecule has 1 aromatic carbocycles. The summed E-state index contributed by atoms with van der Waals surface area (Å²) in [6, 6.07) is 9.47. The molecule has 1 heterocycles. The first-order valence-corrected chi connectivity index (χ1v) is 8.33. The van der Waals surface area contributed by atoms with Crippen LogP contribution in [0.5, 0.6) is 0 Å². The molecule has 134 valence electrons. The van der Waals surface area contributed by atoms with Crippen LogP contribution < -0.4 is 5.32 Å². The molecule has 0 saturated carbocycles. The van der Waals surface area contributed by atoms with Crippen molar-refractivity contribution in [2.24, 2.45) is 10.4 Å². The summed E-state index contributed by atoms with van der Waals surface area (Å²) in [4.78, 5) is 23.4. The molecule has 1 aliphatic carbocycles.